The average Bonchev–Trinajstić information content (AvgIpc) is 3.87. The number of fused-ring (bicyclic) bond motifs is 6. The van der Waals surface area contributed by atoms with Crippen molar-refractivity contribution in [3.8, 4) is 67.3 Å². The lowest BCUT2D eigenvalue weighted by molar-refractivity contribution is 1.18. The largest absolute Gasteiger partial charge is 0.309 e. The van der Waals surface area contributed by atoms with E-state index in [1.54, 1.807) is 0 Å². The van der Waals surface area contributed by atoms with Crippen molar-refractivity contribution in [3.63, 3.8) is 0 Å². The van der Waals surface area contributed by atoms with E-state index in [1.165, 1.54) is 65.9 Å². The Morgan fingerprint density at radius 1 is 0.226 bits per heavy atom. The molecule has 0 fully saturated rings. The first-order valence-corrected chi connectivity index (χ1v) is 21.2. The maximum Gasteiger partial charge on any atom is 0.0716 e. The Labute approximate surface area is 360 Å². The van der Waals surface area contributed by atoms with Crippen LogP contribution in [0.25, 0.3) is 111 Å². The summed E-state index contributed by atoms with van der Waals surface area (Å²) in [6.07, 6.45) is 0. The Balaban J connectivity index is 0.976. The number of nitrogens with zero attached hydrogens (tertiary/aromatic N) is 3. The molecule has 9 aromatic carbocycles. The Morgan fingerprint density at radius 2 is 0.613 bits per heavy atom. The summed E-state index contributed by atoms with van der Waals surface area (Å²) >= 11 is 0. The van der Waals surface area contributed by atoms with E-state index in [1.807, 2.05) is 0 Å². The summed E-state index contributed by atoms with van der Waals surface area (Å²) in [5.41, 5.74) is 18.0. The molecular formula is C59H39N3. The molecule has 3 heteroatoms. The van der Waals surface area contributed by atoms with Crippen LogP contribution >= 0.6 is 0 Å². The SMILES string of the molecule is c1ccc(-c2cccc(-c3ccc(-c4cc(-c5ccc(-n6c7ccccc7c7ccccc76)cc5)cc(-c5cccc(-n6c7ccccc7c7ccccc76)c5)n4)cc3)c2)cc1. The molecule has 12 aromatic rings. The molecule has 12 rings (SSSR count). The summed E-state index contributed by atoms with van der Waals surface area (Å²) in [4.78, 5) is 5.42. The minimum absolute atomic E-state index is 0.922. The van der Waals surface area contributed by atoms with Crippen molar-refractivity contribution in [2.75, 3.05) is 0 Å². The number of rotatable bonds is 7. The first-order valence-electron chi connectivity index (χ1n) is 21.2. The van der Waals surface area contributed by atoms with E-state index in [-0.39, 0.29) is 0 Å². The number of pyridine rings is 1. The van der Waals surface area contributed by atoms with Crippen LogP contribution in [-0.2, 0) is 0 Å². The van der Waals surface area contributed by atoms with Crippen LogP contribution in [0.4, 0.5) is 0 Å². The highest BCUT2D eigenvalue weighted by Crippen LogP contribution is 2.37. The van der Waals surface area contributed by atoms with Gasteiger partial charge in [0.1, 0.15) is 0 Å². The monoisotopic (exact) mass is 789 g/mol. The minimum Gasteiger partial charge on any atom is -0.309 e. The summed E-state index contributed by atoms with van der Waals surface area (Å²) in [7, 11) is 0. The molecule has 0 aliphatic carbocycles. The summed E-state index contributed by atoms with van der Waals surface area (Å²) in [6.45, 7) is 0. The first kappa shape index (κ1) is 35.7. The number of para-hydroxylation sites is 4. The lowest BCUT2D eigenvalue weighted by Crippen LogP contribution is -1.96. The topological polar surface area (TPSA) is 22.8 Å². The van der Waals surface area contributed by atoms with Crippen LogP contribution in [0, 0.1) is 0 Å². The van der Waals surface area contributed by atoms with Crippen molar-refractivity contribution in [2.45, 2.75) is 0 Å². The summed E-state index contributed by atoms with van der Waals surface area (Å²) in [5, 5.41) is 5.01. The molecule has 0 aliphatic rings. The maximum absolute atomic E-state index is 5.42. The normalized spacial score (nSPS) is 11.5. The van der Waals surface area contributed by atoms with Crippen molar-refractivity contribution in [3.05, 3.63) is 237 Å². The summed E-state index contributed by atoms with van der Waals surface area (Å²) in [5.74, 6) is 0. The fourth-order valence-corrected chi connectivity index (χ4v) is 9.34. The second kappa shape index (κ2) is 14.8. The molecule has 3 heterocycles. The highest BCUT2D eigenvalue weighted by atomic mass is 15.0. The number of aromatic nitrogens is 3. The predicted molar refractivity (Wildman–Crippen MR) is 260 cm³/mol. The van der Waals surface area contributed by atoms with Gasteiger partial charge in [0.15, 0.2) is 0 Å². The quantitative estimate of drug-likeness (QED) is 0.158. The molecule has 0 aliphatic heterocycles. The van der Waals surface area contributed by atoms with E-state index in [2.05, 4.69) is 246 Å². The summed E-state index contributed by atoms with van der Waals surface area (Å²) < 4.78 is 4.74. The molecule has 0 saturated heterocycles. The molecule has 62 heavy (non-hydrogen) atoms. The Morgan fingerprint density at radius 3 is 1.18 bits per heavy atom. The third kappa shape index (κ3) is 6.10. The molecular weight excluding hydrogens is 751 g/mol. The van der Waals surface area contributed by atoms with Crippen LogP contribution in [0.3, 0.4) is 0 Å². The zero-order valence-electron chi connectivity index (χ0n) is 33.9. The molecule has 0 amide bonds. The van der Waals surface area contributed by atoms with E-state index in [4.69, 9.17) is 4.98 Å². The fraction of sp³-hybridized carbons (Fsp3) is 0. The highest BCUT2D eigenvalue weighted by molar-refractivity contribution is 6.10. The molecule has 3 nitrogen and oxygen atoms in total. The molecule has 290 valence electrons. The molecule has 0 saturated carbocycles. The van der Waals surface area contributed by atoms with Gasteiger partial charge in [-0.25, -0.2) is 4.98 Å². The molecule has 3 aromatic heterocycles. The van der Waals surface area contributed by atoms with Gasteiger partial charge in [-0.15, -0.1) is 0 Å². The van der Waals surface area contributed by atoms with E-state index in [0.29, 0.717) is 0 Å². The molecule has 0 atom stereocenters. The second-order valence-electron chi connectivity index (χ2n) is 16.0. The van der Waals surface area contributed by atoms with Crippen LogP contribution in [0.2, 0.25) is 0 Å². The third-order valence-corrected chi connectivity index (χ3v) is 12.3. The van der Waals surface area contributed by atoms with Crippen molar-refractivity contribution in [1.29, 1.82) is 0 Å². The standard InChI is InChI=1S/C59H39N3/c1-2-14-40(15-3-1)44-16-12-17-45(36-44)41-28-30-43(31-29-41)54-38-47(42-32-34-48(35-33-42)61-56-24-8-4-20-50(56)51-21-5-9-25-57(51)61)39-55(60-54)46-18-13-19-49(37-46)62-58-26-10-6-22-52(58)53-23-7-11-27-59(53)62/h1-39H. The fourth-order valence-electron chi connectivity index (χ4n) is 9.34. The first-order chi connectivity index (χ1) is 30.7. The Kier molecular flexibility index (Phi) is 8.50. The Bertz CT molecular complexity index is 3500. The van der Waals surface area contributed by atoms with Gasteiger partial charge in [0, 0.05) is 44.0 Å². The van der Waals surface area contributed by atoms with Crippen LogP contribution in [0.15, 0.2) is 237 Å². The van der Waals surface area contributed by atoms with E-state index in [0.717, 1.165) is 45.0 Å². The zero-order chi connectivity index (χ0) is 41.0. The predicted octanol–water partition coefficient (Wildman–Crippen LogP) is 15.6. The molecule has 0 unspecified atom stereocenters. The maximum atomic E-state index is 5.42. The van der Waals surface area contributed by atoms with Gasteiger partial charge < -0.3 is 9.13 Å². The number of hydrogen-bond acceptors (Lipinski definition) is 1. The third-order valence-electron chi connectivity index (χ3n) is 12.3. The van der Waals surface area contributed by atoms with Gasteiger partial charge >= 0.3 is 0 Å². The van der Waals surface area contributed by atoms with E-state index < -0.39 is 0 Å². The Hall–Kier alpha value is -8.27. The van der Waals surface area contributed by atoms with E-state index >= 15 is 0 Å². The van der Waals surface area contributed by atoms with Gasteiger partial charge in [0.25, 0.3) is 0 Å². The summed E-state index contributed by atoms with van der Waals surface area (Å²) in [6, 6.07) is 85.2. The van der Waals surface area contributed by atoms with Gasteiger partial charge in [-0.05, 0) is 100 Å². The van der Waals surface area contributed by atoms with Gasteiger partial charge in [-0.3, -0.25) is 0 Å². The zero-order valence-corrected chi connectivity index (χ0v) is 33.9. The number of benzene rings is 9. The van der Waals surface area contributed by atoms with Gasteiger partial charge in [-0.2, -0.15) is 0 Å². The minimum atomic E-state index is 0.922. The second-order valence-corrected chi connectivity index (χ2v) is 16.0. The van der Waals surface area contributed by atoms with Crippen molar-refractivity contribution < 1.29 is 0 Å². The van der Waals surface area contributed by atoms with Gasteiger partial charge in [-0.1, -0.05) is 170 Å². The van der Waals surface area contributed by atoms with Crippen molar-refractivity contribution in [1.82, 2.24) is 14.1 Å². The van der Waals surface area contributed by atoms with Gasteiger partial charge in [0.05, 0.1) is 33.5 Å². The average molecular weight is 790 g/mol. The highest BCUT2D eigenvalue weighted by Gasteiger charge is 2.16. The van der Waals surface area contributed by atoms with Crippen molar-refractivity contribution in [2.24, 2.45) is 0 Å². The van der Waals surface area contributed by atoms with Gasteiger partial charge in [0.2, 0.25) is 0 Å². The lowest BCUT2D eigenvalue weighted by atomic mass is 9.96. The van der Waals surface area contributed by atoms with E-state index in [9.17, 15) is 0 Å². The van der Waals surface area contributed by atoms with Crippen LogP contribution < -0.4 is 0 Å². The smallest absolute Gasteiger partial charge is 0.0716 e. The lowest BCUT2D eigenvalue weighted by Gasteiger charge is -2.14. The number of hydrogen-bond donors (Lipinski definition) is 0. The molecule has 0 N–H and O–H groups in total. The molecule has 0 radical (unpaired) electrons. The molecule has 0 spiro atoms. The van der Waals surface area contributed by atoms with Crippen LogP contribution in [-0.4, -0.2) is 14.1 Å². The van der Waals surface area contributed by atoms with Crippen LogP contribution in [0.5, 0.6) is 0 Å². The van der Waals surface area contributed by atoms with Crippen LogP contribution in [0.1, 0.15) is 0 Å². The van der Waals surface area contributed by atoms with Crippen molar-refractivity contribution >= 4 is 43.6 Å². The molecule has 0 bridgehead atoms.